The Morgan fingerprint density at radius 3 is 2.18 bits per heavy atom. The summed E-state index contributed by atoms with van der Waals surface area (Å²) in [6, 6.07) is 20.1. The Morgan fingerprint density at radius 2 is 1.55 bits per heavy atom. The number of carbonyl (C=O) groups excluding carboxylic acids is 2. The van der Waals surface area contributed by atoms with Crippen LogP contribution in [0.4, 0.5) is 14.9 Å². The molecule has 0 saturated carbocycles. The molecule has 3 N–H and O–H groups in total. The average molecular weight is 462 g/mol. The van der Waals surface area contributed by atoms with E-state index in [4.69, 9.17) is 10.0 Å². The Bertz CT molecular complexity index is 1180. The molecule has 1 fully saturated rings. The molecular weight excluding hydrogens is 442 g/mol. The van der Waals surface area contributed by atoms with Gasteiger partial charge >= 0.3 is 7.12 Å². The van der Waals surface area contributed by atoms with Crippen molar-refractivity contribution >= 4 is 47.3 Å². The monoisotopic (exact) mass is 462 g/mol. The van der Waals surface area contributed by atoms with Gasteiger partial charge in [-0.25, -0.2) is 4.39 Å². The molecule has 9 heteroatoms. The molecule has 0 unspecified atom stereocenters. The van der Waals surface area contributed by atoms with Gasteiger partial charge in [0.15, 0.2) is 0 Å². The summed E-state index contributed by atoms with van der Waals surface area (Å²) in [5, 5.41) is 21.2. The molecule has 33 heavy (non-hydrogen) atoms. The van der Waals surface area contributed by atoms with Crippen molar-refractivity contribution in [1.29, 1.82) is 0 Å². The number of benzene rings is 3. The first-order valence-electron chi connectivity index (χ1n) is 10.2. The molecule has 1 aliphatic heterocycles. The quantitative estimate of drug-likeness (QED) is 0.369. The molecule has 1 heterocycles. The highest BCUT2D eigenvalue weighted by Gasteiger charge is 2.34. The van der Waals surface area contributed by atoms with Crippen LogP contribution in [0.2, 0.25) is 0 Å². The molecule has 0 aromatic heterocycles. The molecule has 0 aliphatic carbocycles. The minimum absolute atomic E-state index is 0.101. The molecule has 1 saturated heterocycles. The van der Waals surface area contributed by atoms with Crippen LogP contribution < -0.4 is 10.8 Å². The number of hydrogen-bond acceptors (Lipinski definition) is 6. The molecule has 0 spiro atoms. The van der Waals surface area contributed by atoms with Crippen LogP contribution in [-0.4, -0.2) is 33.2 Å². The summed E-state index contributed by atoms with van der Waals surface area (Å²) in [7, 11) is -1.48. The molecule has 3 aromatic carbocycles. The third-order valence-corrected chi connectivity index (χ3v) is 6.02. The normalized spacial score (nSPS) is 14.8. The van der Waals surface area contributed by atoms with Gasteiger partial charge in [0.25, 0.3) is 11.1 Å². The van der Waals surface area contributed by atoms with Crippen LogP contribution in [0.1, 0.15) is 16.7 Å². The number of thioether (sulfide) groups is 1. The number of halogens is 1. The topological polar surface area (TPSA) is 89.9 Å². The predicted octanol–water partition coefficient (Wildman–Crippen LogP) is 3.35. The summed E-state index contributed by atoms with van der Waals surface area (Å²) < 4.78 is 13.1. The first kappa shape index (κ1) is 22.8. The number of nitrogens with zero attached hydrogens (tertiary/aromatic N) is 1. The first-order chi connectivity index (χ1) is 15.9. The summed E-state index contributed by atoms with van der Waals surface area (Å²) in [4.78, 5) is 26.5. The van der Waals surface area contributed by atoms with Crippen LogP contribution in [0.25, 0.3) is 6.08 Å². The lowest BCUT2D eigenvalue weighted by Gasteiger charge is -2.12. The van der Waals surface area contributed by atoms with E-state index in [1.807, 2.05) is 36.4 Å². The van der Waals surface area contributed by atoms with Gasteiger partial charge in [0.1, 0.15) is 5.82 Å². The lowest BCUT2D eigenvalue weighted by atomic mass is 9.80. The van der Waals surface area contributed by atoms with Crippen molar-refractivity contribution in [3.05, 3.63) is 100 Å². The van der Waals surface area contributed by atoms with Gasteiger partial charge in [0, 0.05) is 12.2 Å². The van der Waals surface area contributed by atoms with E-state index in [0.29, 0.717) is 22.5 Å². The molecule has 1 aliphatic rings. The van der Waals surface area contributed by atoms with E-state index < -0.39 is 7.12 Å². The molecule has 166 valence electrons. The fraction of sp³-hybridized carbons (Fsp3) is 0.0833. The molecular formula is C24H20BFN2O4S. The highest BCUT2D eigenvalue weighted by molar-refractivity contribution is 8.18. The SMILES string of the molecule is O=C1S/C(=C\c2ccc(NCc3ccc(B(O)O)cc3)cc2)C(=O)N1Cc1ccc(F)cc1. The van der Waals surface area contributed by atoms with Gasteiger partial charge in [-0.2, -0.15) is 0 Å². The van der Waals surface area contributed by atoms with Gasteiger partial charge < -0.3 is 15.4 Å². The van der Waals surface area contributed by atoms with Gasteiger partial charge in [-0.05, 0) is 64.3 Å². The average Bonchev–Trinajstić information content (AvgIpc) is 3.07. The van der Waals surface area contributed by atoms with Gasteiger partial charge in [0.2, 0.25) is 0 Å². The third-order valence-electron chi connectivity index (χ3n) is 5.11. The maximum atomic E-state index is 13.1. The molecule has 2 amide bonds. The van der Waals surface area contributed by atoms with Crippen molar-refractivity contribution in [2.24, 2.45) is 0 Å². The molecule has 4 rings (SSSR count). The van der Waals surface area contributed by atoms with Crippen molar-refractivity contribution in [2.45, 2.75) is 13.1 Å². The third kappa shape index (κ3) is 5.70. The molecule has 0 bridgehead atoms. The van der Waals surface area contributed by atoms with Crippen molar-refractivity contribution in [3.63, 3.8) is 0 Å². The summed E-state index contributed by atoms with van der Waals surface area (Å²) >= 11 is 0.887. The largest absolute Gasteiger partial charge is 0.488 e. The maximum absolute atomic E-state index is 13.1. The number of anilines is 1. The van der Waals surface area contributed by atoms with E-state index in [1.54, 1.807) is 30.3 Å². The van der Waals surface area contributed by atoms with Crippen LogP contribution in [0.5, 0.6) is 0 Å². The highest BCUT2D eigenvalue weighted by Crippen LogP contribution is 2.33. The van der Waals surface area contributed by atoms with Gasteiger partial charge in [-0.15, -0.1) is 0 Å². The van der Waals surface area contributed by atoms with Crippen molar-refractivity contribution < 1.29 is 24.0 Å². The van der Waals surface area contributed by atoms with E-state index in [1.165, 1.54) is 12.1 Å². The van der Waals surface area contributed by atoms with Crippen molar-refractivity contribution in [2.75, 3.05) is 5.32 Å². The Hall–Kier alpha value is -3.40. The Kier molecular flexibility index (Phi) is 6.93. The number of hydrogen-bond donors (Lipinski definition) is 3. The Labute approximate surface area is 194 Å². The molecule has 3 aromatic rings. The zero-order valence-electron chi connectivity index (χ0n) is 17.4. The van der Waals surface area contributed by atoms with Crippen LogP contribution >= 0.6 is 11.8 Å². The Morgan fingerprint density at radius 1 is 0.909 bits per heavy atom. The molecule has 0 radical (unpaired) electrons. The summed E-state index contributed by atoms with van der Waals surface area (Å²) in [6.07, 6.45) is 1.68. The highest BCUT2D eigenvalue weighted by atomic mass is 32.2. The van der Waals surface area contributed by atoms with E-state index in [-0.39, 0.29) is 23.5 Å². The minimum Gasteiger partial charge on any atom is -0.423 e. The van der Waals surface area contributed by atoms with Gasteiger partial charge in [-0.3, -0.25) is 14.5 Å². The summed E-state index contributed by atoms with van der Waals surface area (Å²) in [5.41, 5.74) is 3.76. The van der Waals surface area contributed by atoms with Crippen LogP contribution in [0.15, 0.2) is 77.7 Å². The van der Waals surface area contributed by atoms with E-state index in [0.717, 1.165) is 33.5 Å². The van der Waals surface area contributed by atoms with Gasteiger partial charge in [0.05, 0.1) is 11.4 Å². The van der Waals surface area contributed by atoms with Crippen LogP contribution in [0, 0.1) is 5.82 Å². The Balaban J connectivity index is 1.37. The number of nitrogens with one attached hydrogen (secondary N) is 1. The number of rotatable bonds is 7. The number of amides is 2. The van der Waals surface area contributed by atoms with Crippen LogP contribution in [-0.2, 0) is 17.9 Å². The smallest absolute Gasteiger partial charge is 0.423 e. The lowest BCUT2D eigenvalue weighted by Crippen LogP contribution is -2.29. The van der Waals surface area contributed by atoms with Crippen molar-refractivity contribution in [1.82, 2.24) is 4.90 Å². The molecule has 6 nitrogen and oxygen atoms in total. The number of imide groups is 1. The second-order valence-electron chi connectivity index (χ2n) is 7.49. The zero-order valence-corrected chi connectivity index (χ0v) is 18.3. The van der Waals surface area contributed by atoms with E-state index >= 15 is 0 Å². The fourth-order valence-corrected chi connectivity index (χ4v) is 4.11. The predicted molar refractivity (Wildman–Crippen MR) is 128 cm³/mol. The second kappa shape index (κ2) is 10.0. The first-order valence-corrected chi connectivity index (χ1v) is 11.0. The lowest BCUT2D eigenvalue weighted by molar-refractivity contribution is -0.123. The minimum atomic E-state index is -1.48. The fourth-order valence-electron chi connectivity index (χ4n) is 3.27. The van der Waals surface area contributed by atoms with Crippen molar-refractivity contribution in [3.8, 4) is 0 Å². The maximum Gasteiger partial charge on any atom is 0.488 e. The van der Waals surface area contributed by atoms with E-state index in [2.05, 4.69) is 5.32 Å². The summed E-state index contributed by atoms with van der Waals surface area (Å²) in [5.74, 6) is -0.738. The number of carbonyl (C=O) groups is 2. The standard InChI is InChI=1S/C24H20BFN2O4S/c26-20-9-3-18(4-10-20)15-28-23(29)22(33-24(28)30)13-16-5-11-21(12-6-16)27-14-17-1-7-19(8-2-17)25(31)32/h1-13,27,31-32H,14-15H2/b22-13-. The van der Waals surface area contributed by atoms with Crippen LogP contribution in [0.3, 0.4) is 0 Å². The molecule has 0 atom stereocenters. The van der Waals surface area contributed by atoms with E-state index in [9.17, 15) is 14.0 Å². The van der Waals surface area contributed by atoms with Gasteiger partial charge in [-0.1, -0.05) is 48.5 Å². The summed E-state index contributed by atoms with van der Waals surface area (Å²) in [6.45, 7) is 0.660. The second-order valence-corrected chi connectivity index (χ2v) is 8.48. The zero-order chi connectivity index (χ0) is 23.4.